The van der Waals surface area contributed by atoms with Gasteiger partial charge < -0.3 is 47.5 Å². The summed E-state index contributed by atoms with van der Waals surface area (Å²) in [6.07, 6.45) is 2.85. The first-order chi connectivity index (χ1) is 13.9. The summed E-state index contributed by atoms with van der Waals surface area (Å²) >= 11 is 0. The Kier molecular flexibility index (Phi) is 10.3. The van der Waals surface area contributed by atoms with Gasteiger partial charge in [-0.25, -0.2) is 0 Å². The summed E-state index contributed by atoms with van der Waals surface area (Å²) in [7, 11) is 0. The van der Waals surface area contributed by atoms with E-state index in [1.165, 1.54) is 0 Å². The van der Waals surface area contributed by atoms with E-state index in [0.717, 1.165) is 12.2 Å². The number of allylic oxidation sites excluding steroid dienone is 1. The van der Waals surface area contributed by atoms with Gasteiger partial charge in [-0.3, -0.25) is 4.79 Å². The summed E-state index contributed by atoms with van der Waals surface area (Å²) < 4.78 is 11.9. The summed E-state index contributed by atoms with van der Waals surface area (Å²) in [6, 6.07) is -0.602. The van der Waals surface area contributed by atoms with Crippen LogP contribution < -0.4 is 27.8 Å². The van der Waals surface area contributed by atoms with Crippen LogP contribution in [-0.4, -0.2) is 79.0 Å². The van der Waals surface area contributed by atoms with E-state index in [4.69, 9.17) is 26.7 Å². The number of amides is 1. The van der Waals surface area contributed by atoms with Gasteiger partial charge in [-0.15, -0.1) is 0 Å². The topological polar surface area (TPSA) is 178 Å². The molecule has 10 N–H and O–H groups in total. The van der Waals surface area contributed by atoms with Gasteiger partial charge in [0.05, 0.1) is 18.8 Å². The second kappa shape index (κ2) is 12.4. The fourth-order valence-corrected chi connectivity index (χ4v) is 3.71. The number of carbonyl (C=O) groups excluding carboxylic acids is 1. The van der Waals surface area contributed by atoms with E-state index in [0.29, 0.717) is 45.3 Å². The van der Waals surface area contributed by atoms with Crippen molar-refractivity contribution >= 4 is 5.91 Å². The van der Waals surface area contributed by atoms with Crippen molar-refractivity contribution < 1.29 is 24.5 Å². The first-order valence-corrected chi connectivity index (χ1v) is 10.5. The lowest BCUT2D eigenvalue weighted by Gasteiger charge is -2.40. The Balaban J connectivity index is 1.76. The van der Waals surface area contributed by atoms with E-state index in [1.54, 1.807) is 0 Å². The third-order valence-corrected chi connectivity index (χ3v) is 5.17. The monoisotopic (exact) mass is 415 g/mol. The van der Waals surface area contributed by atoms with Crippen molar-refractivity contribution in [2.75, 3.05) is 26.2 Å². The van der Waals surface area contributed by atoms with Gasteiger partial charge in [0.2, 0.25) is 5.91 Å². The number of carbonyl (C=O) groups is 1. The van der Waals surface area contributed by atoms with Crippen LogP contribution in [0.25, 0.3) is 0 Å². The first kappa shape index (κ1) is 24.0. The van der Waals surface area contributed by atoms with Gasteiger partial charge in [0.25, 0.3) is 0 Å². The fourth-order valence-electron chi connectivity index (χ4n) is 3.71. The zero-order valence-corrected chi connectivity index (χ0v) is 17.0. The Morgan fingerprint density at radius 2 is 2.14 bits per heavy atom. The molecule has 0 saturated heterocycles. The molecule has 10 nitrogen and oxygen atoms in total. The van der Waals surface area contributed by atoms with Crippen molar-refractivity contribution in [2.45, 2.75) is 75.2 Å². The molecule has 6 atom stereocenters. The summed E-state index contributed by atoms with van der Waals surface area (Å²) in [6.45, 7) is 1.65. The minimum Gasteiger partial charge on any atom is -0.468 e. The highest BCUT2D eigenvalue weighted by Crippen LogP contribution is 2.26. The number of ether oxygens (including phenoxy) is 2. The average Bonchev–Trinajstić information content (AvgIpc) is 2.65. The van der Waals surface area contributed by atoms with Crippen molar-refractivity contribution in [1.29, 1.82) is 0 Å². The van der Waals surface area contributed by atoms with Crippen LogP contribution >= 0.6 is 0 Å². The van der Waals surface area contributed by atoms with Crippen molar-refractivity contribution in [2.24, 2.45) is 17.2 Å². The summed E-state index contributed by atoms with van der Waals surface area (Å²) in [5.74, 6) is 0.609. The highest BCUT2D eigenvalue weighted by molar-refractivity contribution is 5.76. The van der Waals surface area contributed by atoms with E-state index in [2.05, 4.69) is 10.6 Å². The molecule has 168 valence electrons. The maximum Gasteiger partial charge on any atom is 0.221 e. The molecule has 2 rings (SSSR count). The predicted octanol–water partition coefficient (Wildman–Crippen LogP) is -1.99. The van der Waals surface area contributed by atoms with E-state index < -0.39 is 30.6 Å². The zero-order chi connectivity index (χ0) is 21.2. The van der Waals surface area contributed by atoms with Crippen LogP contribution in [-0.2, 0) is 14.3 Å². The maximum absolute atomic E-state index is 11.7. The average molecular weight is 416 g/mol. The third-order valence-electron chi connectivity index (χ3n) is 5.17. The van der Waals surface area contributed by atoms with Crippen molar-refractivity contribution in [3.05, 3.63) is 11.8 Å². The Hall–Kier alpha value is -1.27. The summed E-state index contributed by atoms with van der Waals surface area (Å²) in [5, 5.41) is 26.2. The largest absolute Gasteiger partial charge is 0.468 e. The second-order valence-electron chi connectivity index (χ2n) is 7.76. The van der Waals surface area contributed by atoms with E-state index in [-0.39, 0.29) is 24.9 Å². The first-order valence-electron chi connectivity index (χ1n) is 10.5. The molecule has 1 aliphatic heterocycles. The summed E-state index contributed by atoms with van der Waals surface area (Å²) in [5.41, 5.74) is 17.0. The van der Waals surface area contributed by atoms with Gasteiger partial charge in [0.1, 0.15) is 11.9 Å². The van der Waals surface area contributed by atoms with Gasteiger partial charge in [0, 0.05) is 38.0 Å². The number of hydrogen-bond donors (Lipinski definition) is 7. The molecule has 0 bridgehead atoms. The Labute approximate surface area is 172 Å². The van der Waals surface area contributed by atoms with E-state index >= 15 is 0 Å². The lowest BCUT2D eigenvalue weighted by molar-refractivity contribution is -0.195. The molecule has 1 amide bonds. The molecule has 1 fully saturated rings. The molecule has 10 heteroatoms. The van der Waals surface area contributed by atoms with Crippen molar-refractivity contribution in [3.8, 4) is 0 Å². The molecule has 1 aliphatic carbocycles. The van der Waals surface area contributed by atoms with Gasteiger partial charge in [-0.1, -0.05) is 0 Å². The van der Waals surface area contributed by atoms with Crippen LogP contribution in [0.2, 0.25) is 0 Å². The highest BCUT2D eigenvalue weighted by atomic mass is 16.7. The molecule has 2 aliphatic rings. The number of rotatable bonds is 11. The van der Waals surface area contributed by atoms with Crippen LogP contribution in [0.15, 0.2) is 11.8 Å². The molecule has 0 aromatic rings. The minimum atomic E-state index is -0.788. The molecule has 0 aromatic carbocycles. The summed E-state index contributed by atoms with van der Waals surface area (Å²) in [4.78, 5) is 11.7. The van der Waals surface area contributed by atoms with Crippen LogP contribution in [0.1, 0.15) is 38.5 Å². The van der Waals surface area contributed by atoms with Crippen LogP contribution in [0.5, 0.6) is 0 Å². The number of hydrogen-bond acceptors (Lipinski definition) is 9. The second-order valence-corrected chi connectivity index (χ2v) is 7.76. The quantitative estimate of drug-likeness (QED) is 0.201. The van der Waals surface area contributed by atoms with Crippen LogP contribution in [0, 0.1) is 0 Å². The van der Waals surface area contributed by atoms with Crippen molar-refractivity contribution in [1.82, 2.24) is 10.6 Å². The Morgan fingerprint density at radius 3 is 2.83 bits per heavy atom. The minimum absolute atomic E-state index is 0.134. The van der Waals surface area contributed by atoms with E-state index in [1.807, 2.05) is 6.08 Å². The van der Waals surface area contributed by atoms with Crippen molar-refractivity contribution in [3.63, 3.8) is 0 Å². The molecule has 1 saturated carbocycles. The lowest BCUT2D eigenvalue weighted by Crippen LogP contribution is -2.57. The molecular formula is C19H37N5O5. The molecule has 0 aromatic heterocycles. The lowest BCUT2D eigenvalue weighted by atomic mass is 9.86. The number of nitrogens with two attached hydrogens (primary N) is 3. The standard InChI is InChI=1S/C19H37N5O5/c20-6-4-13(25)10-23-11-14-2-1-3-18(28-14)29-19-15(22)8-12(9-16(19)26)24-17(27)5-7-21/h2,12-13,15-16,18-19,23,25-26H,1,3-11,20-22H2,(H,24,27)/t12-,13?,15+,16-,18-,19-/m1/s1. The van der Waals surface area contributed by atoms with E-state index in [9.17, 15) is 15.0 Å². The number of nitrogens with one attached hydrogen (secondary N) is 2. The molecule has 29 heavy (non-hydrogen) atoms. The number of aliphatic hydroxyl groups excluding tert-OH is 2. The Morgan fingerprint density at radius 1 is 1.34 bits per heavy atom. The van der Waals surface area contributed by atoms with Gasteiger partial charge in [0.15, 0.2) is 6.29 Å². The normalized spacial score (nSPS) is 30.9. The highest BCUT2D eigenvalue weighted by Gasteiger charge is 2.38. The smallest absolute Gasteiger partial charge is 0.221 e. The van der Waals surface area contributed by atoms with Gasteiger partial charge in [-0.2, -0.15) is 0 Å². The molecule has 0 radical (unpaired) electrons. The predicted molar refractivity (Wildman–Crippen MR) is 108 cm³/mol. The Bertz CT molecular complexity index is 523. The molecular weight excluding hydrogens is 378 g/mol. The molecule has 1 heterocycles. The van der Waals surface area contributed by atoms with Crippen LogP contribution in [0.3, 0.4) is 0 Å². The molecule has 0 spiro atoms. The molecule has 1 unspecified atom stereocenters. The maximum atomic E-state index is 11.7. The third kappa shape index (κ3) is 8.17. The zero-order valence-electron chi connectivity index (χ0n) is 17.0. The number of aliphatic hydroxyl groups is 2. The fraction of sp³-hybridized carbons (Fsp3) is 0.842. The SMILES string of the molecule is NCCC(=O)N[C@H]1C[C@@H](O)[C@H](O[C@@H]2CCC=C(CNCC(O)CCN)O2)[C@@H](N)C1. The van der Waals surface area contributed by atoms with Crippen LogP contribution in [0.4, 0.5) is 0 Å². The van der Waals surface area contributed by atoms with Gasteiger partial charge in [-0.05, 0) is 38.3 Å². The van der Waals surface area contributed by atoms with Gasteiger partial charge >= 0.3 is 0 Å².